The van der Waals surface area contributed by atoms with Gasteiger partial charge in [-0.1, -0.05) is 0 Å². The van der Waals surface area contributed by atoms with Crippen molar-refractivity contribution in [1.82, 2.24) is 20.4 Å². The first-order chi connectivity index (χ1) is 8.62. The highest BCUT2D eigenvalue weighted by molar-refractivity contribution is 14.1. The van der Waals surface area contributed by atoms with E-state index in [0.29, 0.717) is 0 Å². The monoisotopic (exact) mass is 398 g/mol. The molecule has 0 saturated carbocycles. The fraction of sp³-hybridized carbons (Fsp3) is 0.250. The van der Waals surface area contributed by atoms with Crippen LogP contribution in [0, 0.1) is 3.57 Å². The Morgan fingerprint density at radius 1 is 0.947 bits per heavy atom. The van der Waals surface area contributed by atoms with Crippen LogP contribution in [0.2, 0.25) is 0 Å². The zero-order chi connectivity index (χ0) is 14.7. The minimum Gasteiger partial charge on any atom is -0.274 e. The second kappa shape index (κ2) is 5.79. The van der Waals surface area contributed by atoms with Crippen LogP contribution in [0.15, 0.2) is 18.5 Å². The average Bonchev–Trinajstić information content (AvgIpc) is 2.84. The Kier molecular flexibility index (Phi) is 4.81. The molecule has 11 heteroatoms. The Labute approximate surface area is 115 Å². The van der Waals surface area contributed by atoms with Crippen LogP contribution in [-0.4, -0.2) is 20.4 Å². The van der Waals surface area contributed by atoms with E-state index in [0.717, 1.165) is 18.5 Å². The van der Waals surface area contributed by atoms with Crippen molar-refractivity contribution in [2.24, 2.45) is 0 Å². The molecule has 0 saturated heterocycles. The number of hydrogen-bond donors (Lipinski definition) is 2. The summed E-state index contributed by atoms with van der Waals surface area (Å²) in [6.45, 7) is 0. The maximum atomic E-state index is 11.8. The van der Waals surface area contributed by atoms with E-state index in [9.17, 15) is 26.3 Å². The second-order valence-electron chi connectivity index (χ2n) is 3.06. The van der Waals surface area contributed by atoms with E-state index in [4.69, 9.17) is 0 Å². The minimum atomic E-state index is -4.31. The SMILES string of the molecule is FC(F)(F)c1[nH]ncc1I.FC(F)(F)c1ccn[nH]1. The van der Waals surface area contributed by atoms with Gasteiger partial charge in [-0.15, -0.1) is 0 Å². The number of aromatic amines is 2. The molecular weight excluding hydrogens is 393 g/mol. The van der Waals surface area contributed by atoms with E-state index in [2.05, 4.69) is 10.2 Å². The number of alkyl halides is 6. The standard InChI is InChI=1S/C4H2F3IN2.C4H3F3N2/c5-4(6,7)3-2(8)1-9-10-3;5-4(6,7)3-1-2-8-9-3/h1H,(H,9,10);1-2H,(H,8,9). The molecule has 0 atom stereocenters. The highest BCUT2D eigenvalue weighted by Gasteiger charge is 2.34. The molecule has 0 unspecified atom stereocenters. The van der Waals surface area contributed by atoms with Crippen LogP contribution in [0.5, 0.6) is 0 Å². The van der Waals surface area contributed by atoms with Crippen LogP contribution in [0.3, 0.4) is 0 Å². The molecule has 0 aliphatic heterocycles. The predicted molar refractivity (Wildman–Crippen MR) is 59.9 cm³/mol. The molecule has 2 aromatic heterocycles. The first-order valence-electron chi connectivity index (χ1n) is 4.45. The van der Waals surface area contributed by atoms with E-state index in [1.807, 2.05) is 5.10 Å². The fourth-order valence-electron chi connectivity index (χ4n) is 0.884. The van der Waals surface area contributed by atoms with Crippen molar-refractivity contribution in [2.45, 2.75) is 12.4 Å². The largest absolute Gasteiger partial charge is 0.433 e. The Morgan fingerprint density at radius 3 is 1.79 bits per heavy atom. The molecular formula is C8H5F6IN4. The smallest absolute Gasteiger partial charge is 0.274 e. The van der Waals surface area contributed by atoms with Gasteiger partial charge in [0.05, 0.1) is 9.77 Å². The fourth-order valence-corrected chi connectivity index (χ4v) is 1.45. The Bertz CT molecular complexity index is 500. The minimum absolute atomic E-state index is 0.0881. The molecule has 0 radical (unpaired) electrons. The van der Waals surface area contributed by atoms with Crippen molar-refractivity contribution < 1.29 is 26.3 Å². The Hall–Kier alpha value is -1.27. The number of H-pyrrole nitrogens is 2. The van der Waals surface area contributed by atoms with Gasteiger partial charge in [0.15, 0.2) is 5.69 Å². The second-order valence-corrected chi connectivity index (χ2v) is 4.22. The van der Waals surface area contributed by atoms with Crippen LogP contribution in [0.1, 0.15) is 11.4 Å². The molecule has 2 heterocycles. The van der Waals surface area contributed by atoms with Gasteiger partial charge in [0.1, 0.15) is 5.69 Å². The van der Waals surface area contributed by atoms with Crippen LogP contribution < -0.4 is 0 Å². The highest BCUT2D eigenvalue weighted by atomic mass is 127. The van der Waals surface area contributed by atoms with Crippen molar-refractivity contribution >= 4 is 22.6 Å². The Morgan fingerprint density at radius 2 is 1.58 bits per heavy atom. The van der Waals surface area contributed by atoms with E-state index in [1.165, 1.54) is 0 Å². The van der Waals surface area contributed by atoms with E-state index >= 15 is 0 Å². The van der Waals surface area contributed by atoms with Gasteiger partial charge in [0.2, 0.25) is 0 Å². The summed E-state index contributed by atoms with van der Waals surface area (Å²) in [6.07, 6.45) is -6.42. The lowest BCUT2D eigenvalue weighted by Gasteiger charge is -2.01. The van der Waals surface area contributed by atoms with Crippen LogP contribution in [-0.2, 0) is 12.4 Å². The third-order valence-corrected chi connectivity index (χ3v) is 2.50. The molecule has 2 rings (SSSR count). The van der Waals surface area contributed by atoms with Gasteiger partial charge in [0, 0.05) is 6.20 Å². The number of nitrogens with one attached hydrogen (secondary N) is 2. The van der Waals surface area contributed by atoms with Gasteiger partial charge in [0.25, 0.3) is 0 Å². The lowest BCUT2D eigenvalue weighted by atomic mass is 10.4. The van der Waals surface area contributed by atoms with E-state index in [1.54, 1.807) is 27.7 Å². The molecule has 0 aliphatic carbocycles. The number of halogens is 7. The van der Waals surface area contributed by atoms with Crippen LogP contribution in [0.4, 0.5) is 26.3 Å². The van der Waals surface area contributed by atoms with Gasteiger partial charge < -0.3 is 0 Å². The van der Waals surface area contributed by atoms with Crippen molar-refractivity contribution in [3.8, 4) is 0 Å². The lowest BCUT2D eigenvalue weighted by Crippen LogP contribution is -2.07. The molecule has 0 bridgehead atoms. The lowest BCUT2D eigenvalue weighted by molar-refractivity contribution is -0.142. The van der Waals surface area contributed by atoms with E-state index in [-0.39, 0.29) is 3.57 Å². The van der Waals surface area contributed by atoms with Gasteiger partial charge >= 0.3 is 12.4 Å². The normalized spacial score (nSPS) is 11.9. The summed E-state index contributed by atoms with van der Waals surface area (Å²) in [5, 5.41) is 10.0. The first-order valence-corrected chi connectivity index (χ1v) is 5.53. The highest BCUT2D eigenvalue weighted by Crippen LogP contribution is 2.30. The van der Waals surface area contributed by atoms with Gasteiger partial charge in [-0.25, -0.2) is 0 Å². The third kappa shape index (κ3) is 4.72. The van der Waals surface area contributed by atoms with Gasteiger partial charge in [-0.05, 0) is 28.7 Å². The molecule has 2 aromatic rings. The maximum absolute atomic E-state index is 11.8. The number of aromatic nitrogens is 4. The topological polar surface area (TPSA) is 57.4 Å². The quantitative estimate of drug-likeness (QED) is 0.528. The zero-order valence-electron chi connectivity index (χ0n) is 8.77. The summed E-state index contributed by atoms with van der Waals surface area (Å²) in [5.74, 6) is 0. The predicted octanol–water partition coefficient (Wildman–Crippen LogP) is 3.46. The number of rotatable bonds is 0. The van der Waals surface area contributed by atoms with Crippen molar-refractivity contribution in [1.29, 1.82) is 0 Å². The third-order valence-electron chi connectivity index (χ3n) is 1.68. The molecule has 19 heavy (non-hydrogen) atoms. The summed E-state index contributed by atoms with van der Waals surface area (Å²) >= 11 is 1.57. The van der Waals surface area contributed by atoms with Crippen molar-refractivity contribution in [2.75, 3.05) is 0 Å². The van der Waals surface area contributed by atoms with Crippen LogP contribution >= 0.6 is 22.6 Å². The number of nitrogens with zero attached hydrogens (tertiary/aromatic N) is 2. The molecule has 0 spiro atoms. The van der Waals surface area contributed by atoms with Crippen LogP contribution in [0.25, 0.3) is 0 Å². The summed E-state index contributed by atoms with van der Waals surface area (Å²) in [7, 11) is 0. The molecule has 106 valence electrons. The van der Waals surface area contributed by atoms with Gasteiger partial charge in [-0.2, -0.15) is 36.5 Å². The summed E-state index contributed by atoms with van der Waals surface area (Å²) in [5.41, 5.74) is -1.60. The van der Waals surface area contributed by atoms with E-state index < -0.39 is 23.7 Å². The molecule has 0 fully saturated rings. The van der Waals surface area contributed by atoms with Crippen molar-refractivity contribution in [3.05, 3.63) is 33.4 Å². The zero-order valence-corrected chi connectivity index (χ0v) is 10.9. The summed E-state index contributed by atoms with van der Waals surface area (Å²) in [4.78, 5) is 0. The summed E-state index contributed by atoms with van der Waals surface area (Å²) < 4.78 is 70.2. The molecule has 0 aromatic carbocycles. The molecule has 4 nitrogen and oxygen atoms in total. The molecule has 2 N–H and O–H groups in total. The van der Waals surface area contributed by atoms with Crippen molar-refractivity contribution in [3.63, 3.8) is 0 Å². The number of hydrogen-bond acceptors (Lipinski definition) is 2. The average molecular weight is 398 g/mol. The summed E-state index contributed by atoms with van der Waals surface area (Å²) in [6, 6.07) is 0.875. The first kappa shape index (κ1) is 15.8. The molecule has 0 aliphatic rings. The Balaban J connectivity index is 0.000000191. The maximum Gasteiger partial charge on any atom is 0.433 e. The molecule has 0 amide bonds. The van der Waals surface area contributed by atoms with Gasteiger partial charge in [-0.3, -0.25) is 10.2 Å².